The van der Waals surface area contributed by atoms with Crippen LogP contribution in [0.1, 0.15) is 21.5 Å². The molecule has 0 heterocycles. The Labute approximate surface area is 156 Å². The van der Waals surface area contributed by atoms with Crippen molar-refractivity contribution in [2.24, 2.45) is 5.73 Å². The number of methoxy groups -OCH3 is 1. The Kier molecular flexibility index (Phi) is 7.18. The van der Waals surface area contributed by atoms with Crippen molar-refractivity contribution in [1.82, 2.24) is 10.6 Å². The molecule has 27 heavy (non-hydrogen) atoms. The summed E-state index contributed by atoms with van der Waals surface area (Å²) in [5, 5.41) is 5.12. The summed E-state index contributed by atoms with van der Waals surface area (Å²) in [7, 11) is 1.58. The maximum Gasteiger partial charge on any atom is 0.338 e. The van der Waals surface area contributed by atoms with Gasteiger partial charge in [0.1, 0.15) is 5.75 Å². The number of hydrogen-bond donors (Lipinski definition) is 3. The average Bonchev–Trinajstić information content (AvgIpc) is 2.69. The average molecular weight is 371 g/mol. The lowest BCUT2D eigenvalue weighted by atomic mass is 10.1. The number of rotatable bonds is 8. The van der Waals surface area contributed by atoms with Gasteiger partial charge in [-0.2, -0.15) is 0 Å². The smallest absolute Gasteiger partial charge is 0.338 e. The summed E-state index contributed by atoms with van der Waals surface area (Å²) in [4.78, 5) is 34.4. The lowest BCUT2D eigenvalue weighted by molar-refractivity contribution is -0.124. The van der Waals surface area contributed by atoms with E-state index in [1.807, 2.05) is 12.1 Å². The van der Waals surface area contributed by atoms with Gasteiger partial charge in [-0.1, -0.05) is 24.3 Å². The minimum atomic E-state index is -0.626. The lowest BCUT2D eigenvalue weighted by Crippen LogP contribution is -2.28. The normalized spacial score (nSPS) is 9.96. The molecule has 0 saturated carbocycles. The third-order valence-electron chi connectivity index (χ3n) is 3.64. The van der Waals surface area contributed by atoms with Crippen molar-refractivity contribution in [3.63, 3.8) is 0 Å². The first-order valence-corrected chi connectivity index (χ1v) is 8.17. The molecule has 0 aliphatic heterocycles. The number of nitrogens with two attached hydrogens (primary N) is 1. The molecule has 0 saturated heterocycles. The highest BCUT2D eigenvalue weighted by atomic mass is 16.5. The molecule has 0 aliphatic rings. The lowest BCUT2D eigenvalue weighted by Gasteiger charge is -2.08. The number of carbonyl (C=O) groups excluding carboxylic acids is 3. The second kappa shape index (κ2) is 9.81. The second-order valence-electron chi connectivity index (χ2n) is 5.62. The van der Waals surface area contributed by atoms with Gasteiger partial charge in [-0.05, 0) is 35.4 Å². The number of benzene rings is 2. The number of nitrogens with one attached hydrogen (secondary N) is 2. The van der Waals surface area contributed by atoms with Crippen LogP contribution in [0, 0.1) is 0 Å². The van der Waals surface area contributed by atoms with E-state index in [4.69, 9.17) is 15.2 Å². The Morgan fingerprint density at radius 2 is 1.44 bits per heavy atom. The van der Waals surface area contributed by atoms with Gasteiger partial charge in [0.25, 0.3) is 5.91 Å². The maximum atomic E-state index is 12.0. The molecule has 2 aromatic carbocycles. The van der Waals surface area contributed by atoms with Crippen LogP contribution < -0.4 is 21.1 Å². The summed E-state index contributed by atoms with van der Waals surface area (Å²) >= 11 is 0. The molecule has 0 radical (unpaired) electrons. The highest BCUT2D eigenvalue weighted by Crippen LogP contribution is 2.11. The number of primary amides is 1. The molecule has 0 bridgehead atoms. The van der Waals surface area contributed by atoms with Gasteiger partial charge in [-0.25, -0.2) is 9.59 Å². The largest absolute Gasteiger partial charge is 0.497 e. The highest BCUT2D eigenvalue weighted by molar-refractivity contribution is 5.91. The molecular weight excluding hydrogens is 350 g/mol. The van der Waals surface area contributed by atoms with Gasteiger partial charge in [-0.3, -0.25) is 4.79 Å². The molecule has 0 atom stereocenters. The molecule has 142 valence electrons. The molecule has 0 unspecified atom stereocenters. The number of carbonyl (C=O) groups is 3. The minimum absolute atomic E-state index is 0.262. The SMILES string of the molecule is COc1ccc(CNC(=O)COC(=O)c2ccc(CNC(N)=O)cc2)cc1. The van der Waals surface area contributed by atoms with Gasteiger partial charge in [0.2, 0.25) is 0 Å². The summed E-state index contributed by atoms with van der Waals surface area (Å²) in [6.07, 6.45) is 0. The van der Waals surface area contributed by atoms with Crippen molar-refractivity contribution in [2.75, 3.05) is 13.7 Å². The third kappa shape index (κ3) is 6.69. The van der Waals surface area contributed by atoms with E-state index in [0.717, 1.165) is 16.9 Å². The van der Waals surface area contributed by atoms with Gasteiger partial charge >= 0.3 is 12.0 Å². The zero-order valence-corrected chi connectivity index (χ0v) is 14.9. The van der Waals surface area contributed by atoms with Crippen LogP contribution in [0.2, 0.25) is 0 Å². The minimum Gasteiger partial charge on any atom is -0.497 e. The fourth-order valence-corrected chi connectivity index (χ4v) is 2.16. The van der Waals surface area contributed by atoms with Crippen molar-refractivity contribution >= 4 is 17.9 Å². The summed E-state index contributed by atoms with van der Waals surface area (Å²) in [5.74, 6) is -0.277. The molecule has 2 aromatic rings. The van der Waals surface area contributed by atoms with E-state index >= 15 is 0 Å². The molecule has 0 aromatic heterocycles. The summed E-state index contributed by atoms with van der Waals surface area (Å²) in [6.45, 7) is 0.209. The molecule has 0 aliphatic carbocycles. The fourth-order valence-electron chi connectivity index (χ4n) is 2.16. The first-order valence-electron chi connectivity index (χ1n) is 8.17. The molecule has 0 fully saturated rings. The maximum absolute atomic E-state index is 12.0. The Bertz CT molecular complexity index is 788. The number of esters is 1. The first kappa shape index (κ1) is 19.8. The Morgan fingerprint density at radius 1 is 0.889 bits per heavy atom. The Balaban J connectivity index is 1.75. The summed E-state index contributed by atoms with van der Waals surface area (Å²) in [5.41, 5.74) is 6.98. The van der Waals surface area contributed by atoms with Crippen molar-refractivity contribution in [1.29, 1.82) is 0 Å². The zero-order valence-electron chi connectivity index (χ0n) is 14.9. The highest BCUT2D eigenvalue weighted by Gasteiger charge is 2.10. The van der Waals surface area contributed by atoms with E-state index < -0.39 is 17.9 Å². The van der Waals surface area contributed by atoms with Crippen molar-refractivity contribution in [2.45, 2.75) is 13.1 Å². The molecule has 4 N–H and O–H groups in total. The van der Waals surface area contributed by atoms with Gasteiger partial charge in [-0.15, -0.1) is 0 Å². The van der Waals surface area contributed by atoms with E-state index in [1.165, 1.54) is 0 Å². The third-order valence-corrected chi connectivity index (χ3v) is 3.64. The molecule has 3 amide bonds. The number of hydrogen-bond acceptors (Lipinski definition) is 5. The van der Waals surface area contributed by atoms with E-state index in [9.17, 15) is 14.4 Å². The van der Waals surface area contributed by atoms with Crippen molar-refractivity contribution < 1.29 is 23.9 Å². The molecule has 8 nitrogen and oxygen atoms in total. The summed E-state index contributed by atoms with van der Waals surface area (Å²) in [6, 6.07) is 13.1. The van der Waals surface area contributed by atoms with Gasteiger partial charge in [0, 0.05) is 13.1 Å². The van der Waals surface area contributed by atoms with Crippen LogP contribution in [-0.2, 0) is 22.6 Å². The molecular formula is C19H21N3O5. The van der Waals surface area contributed by atoms with E-state index in [2.05, 4.69) is 10.6 Å². The van der Waals surface area contributed by atoms with Crippen LogP contribution in [0.25, 0.3) is 0 Å². The summed E-state index contributed by atoms with van der Waals surface area (Å²) < 4.78 is 10.1. The Hall–Kier alpha value is -3.55. The number of ether oxygens (including phenoxy) is 2. The second-order valence-corrected chi connectivity index (χ2v) is 5.62. The van der Waals surface area contributed by atoms with Crippen molar-refractivity contribution in [3.8, 4) is 5.75 Å². The molecule has 0 spiro atoms. The monoisotopic (exact) mass is 371 g/mol. The van der Waals surface area contributed by atoms with Gasteiger partial charge < -0.3 is 25.8 Å². The Morgan fingerprint density at radius 3 is 2.00 bits per heavy atom. The number of urea groups is 1. The first-order chi connectivity index (χ1) is 13.0. The predicted octanol–water partition coefficient (Wildman–Crippen LogP) is 1.34. The van der Waals surface area contributed by atoms with Crippen LogP contribution in [0.4, 0.5) is 4.79 Å². The standard InChI is InChI=1S/C19H21N3O5/c1-26-16-8-4-14(5-9-16)10-21-17(23)12-27-18(24)15-6-2-13(3-7-15)11-22-19(20)25/h2-9H,10-12H2,1H3,(H,21,23)(H3,20,22,25). The number of amides is 3. The quantitative estimate of drug-likeness (QED) is 0.605. The fraction of sp³-hybridized carbons (Fsp3) is 0.211. The molecule has 8 heteroatoms. The van der Waals surface area contributed by atoms with Crippen LogP contribution in [0.15, 0.2) is 48.5 Å². The van der Waals surface area contributed by atoms with E-state index in [1.54, 1.807) is 43.5 Å². The zero-order chi connectivity index (χ0) is 19.6. The van der Waals surface area contributed by atoms with Crippen molar-refractivity contribution in [3.05, 3.63) is 65.2 Å². The van der Waals surface area contributed by atoms with Gasteiger partial charge in [0.15, 0.2) is 6.61 Å². The topological polar surface area (TPSA) is 120 Å². The van der Waals surface area contributed by atoms with E-state index in [0.29, 0.717) is 12.1 Å². The molecule has 2 rings (SSSR count). The van der Waals surface area contributed by atoms with Crippen LogP contribution >= 0.6 is 0 Å². The van der Waals surface area contributed by atoms with Crippen LogP contribution in [0.3, 0.4) is 0 Å². The van der Waals surface area contributed by atoms with Crippen LogP contribution in [0.5, 0.6) is 5.75 Å². The van der Waals surface area contributed by atoms with E-state index in [-0.39, 0.29) is 13.2 Å². The predicted molar refractivity (Wildman–Crippen MR) is 98.0 cm³/mol. The van der Waals surface area contributed by atoms with Crippen LogP contribution in [-0.4, -0.2) is 31.6 Å². The van der Waals surface area contributed by atoms with Gasteiger partial charge in [0.05, 0.1) is 12.7 Å².